The summed E-state index contributed by atoms with van der Waals surface area (Å²) in [6.45, 7) is 5.96. The monoisotopic (exact) mass is 429 g/mol. The Kier molecular flexibility index (Phi) is 4.96. The molecule has 0 unspecified atom stereocenters. The van der Waals surface area contributed by atoms with Gasteiger partial charge in [-0.25, -0.2) is 4.79 Å². The molecule has 32 heavy (non-hydrogen) atoms. The molecule has 5 rings (SSSR count). The quantitative estimate of drug-likeness (QED) is 0.488. The van der Waals surface area contributed by atoms with Crippen LogP contribution in [0, 0.1) is 13.8 Å². The molecule has 2 aromatic heterocycles. The molecule has 0 N–H and O–H groups in total. The lowest BCUT2D eigenvalue weighted by Gasteiger charge is -2.19. The number of aromatic nitrogens is 4. The van der Waals surface area contributed by atoms with Gasteiger partial charge in [0.1, 0.15) is 0 Å². The molecule has 3 heterocycles. The molecule has 7 heteroatoms. The first kappa shape index (κ1) is 20.3. The van der Waals surface area contributed by atoms with Crippen LogP contribution >= 0.6 is 0 Å². The summed E-state index contributed by atoms with van der Waals surface area (Å²) in [6.07, 6.45) is 1.54. The lowest BCUT2D eigenvalue weighted by molar-refractivity contribution is 0.570. The van der Waals surface area contributed by atoms with Gasteiger partial charge in [-0.1, -0.05) is 48.0 Å². The molecule has 0 radical (unpaired) electrons. The van der Waals surface area contributed by atoms with Crippen LogP contribution in [0.3, 0.4) is 0 Å². The Labute approximate surface area is 186 Å². The third-order valence-corrected chi connectivity index (χ3v) is 6.33. The number of hydrogen-bond acceptors (Lipinski definition) is 4. The highest BCUT2D eigenvalue weighted by Gasteiger charge is 2.29. The van der Waals surface area contributed by atoms with Crippen molar-refractivity contribution in [1.29, 1.82) is 0 Å². The van der Waals surface area contributed by atoms with Crippen LogP contribution in [-0.4, -0.2) is 25.2 Å². The number of fused-ring (bicyclic) bond motifs is 3. The molecule has 0 bridgehead atoms. The van der Waals surface area contributed by atoms with E-state index in [0.29, 0.717) is 24.3 Å². The maximum atomic E-state index is 13.4. The van der Waals surface area contributed by atoms with E-state index in [1.165, 1.54) is 20.3 Å². The van der Waals surface area contributed by atoms with E-state index in [9.17, 15) is 9.59 Å². The number of rotatable bonds is 5. The third-order valence-electron chi connectivity index (χ3n) is 6.33. The van der Waals surface area contributed by atoms with Gasteiger partial charge in [-0.05, 0) is 43.9 Å². The smallest absolute Gasteiger partial charge is 0.310 e. The molecule has 0 atom stereocenters. The molecule has 0 saturated carbocycles. The van der Waals surface area contributed by atoms with Crippen molar-refractivity contribution >= 4 is 22.8 Å². The molecule has 0 spiro atoms. The van der Waals surface area contributed by atoms with Crippen molar-refractivity contribution in [3.63, 3.8) is 0 Å². The first-order valence-electron chi connectivity index (χ1n) is 11.0. The van der Waals surface area contributed by atoms with Crippen LogP contribution in [0.15, 0.2) is 58.1 Å². The van der Waals surface area contributed by atoms with Crippen LogP contribution in [0.2, 0.25) is 0 Å². The number of imidazole rings is 1. The number of benzene rings is 2. The van der Waals surface area contributed by atoms with Crippen LogP contribution in [0.25, 0.3) is 11.2 Å². The van der Waals surface area contributed by atoms with Gasteiger partial charge in [-0.3, -0.25) is 13.9 Å². The summed E-state index contributed by atoms with van der Waals surface area (Å²) in [5, 5.41) is 0. The Balaban J connectivity index is 1.54. The Morgan fingerprint density at radius 3 is 2.53 bits per heavy atom. The first-order valence-corrected chi connectivity index (χ1v) is 11.0. The van der Waals surface area contributed by atoms with E-state index >= 15 is 0 Å². The first-order chi connectivity index (χ1) is 15.5. The fourth-order valence-corrected chi connectivity index (χ4v) is 4.70. The van der Waals surface area contributed by atoms with Crippen molar-refractivity contribution in [3.8, 4) is 0 Å². The standard InChI is InChI=1S/C25H27N5O2/c1-17-11-12-20(18(2)16-17)28-14-15-29-21-22(26-24(28)29)27(3)25(32)30(23(21)31)13-7-10-19-8-5-4-6-9-19/h4-6,8-9,11-12,16H,7,10,13-15H2,1-3H3. The van der Waals surface area contributed by atoms with Gasteiger partial charge in [0.2, 0.25) is 5.95 Å². The van der Waals surface area contributed by atoms with E-state index in [2.05, 4.69) is 49.1 Å². The van der Waals surface area contributed by atoms with Gasteiger partial charge >= 0.3 is 5.69 Å². The van der Waals surface area contributed by atoms with Gasteiger partial charge in [-0.15, -0.1) is 0 Å². The zero-order valence-corrected chi connectivity index (χ0v) is 18.7. The van der Waals surface area contributed by atoms with Gasteiger partial charge in [0.15, 0.2) is 11.2 Å². The molecule has 0 saturated heterocycles. The predicted octanol–water partition coefficient (Wildman–Crippen LogP) is 3.30. The topological polar surface area (TPSA) is 65.1 Å². The number of nitrogens with zero attached hydrogens (tertiary/aromatic N) is 5. The van der Waals surface area contributed by atoms with E-state index in [0.717, 1.165) is 36.6 Å². The molecular weight excluding hydrogens is 402 g/mol. The second kappa shape index (κ2) is 7.82. The molecule has 4 aromatic rings. The summed E-state index contributed by atoms with van der Waals surface area (Å²) in [6, 6.07) is 16.5. The Morgan fingerprint density at radius 2 is 1.78 bits per heavy atom. The van der Waals surface area contributed by atoms with Gasteiger partial charge in [-0.2, -0.15) is 4.98 Å². The van der Waals surface area contributed by atoms with Gasteiger partial charge < -0.3 is 9.47 Å². The largest absolute Gasteiger partial charge is 0.332 e. The van der Waals surface area contributed by atoms with E-state index < -0.39 is 0 Å². The molecule has 1 aliphatic heterocycles. The average Bonchev–Trinajstić information content (AvgIpc) is 3.35. The molecule has 1 aliphatic rings. The van der Waals surface area contributed by atoms with Crippen molar-refractivity contribution in [1.82, 2.24) is 18.7 Å². The van der Waals surface area contributed by atoms with Crippen LogP contribution in [0.5, 0.6) is 0 Å². The zero-order valence-electron chi connectivity index (χ0n) is 18.7. The SMILES string of the molecule is Cc1ccc(N2CCn3c2nc2c3c(=O)n(CCCc3ccccc3)c(=O)n2C)c(C)c1. The zero-order chi connectivity index (χ0) is 22.4. The minimum Gasteiger partial charge on any atom is -0.310 e. The fourth-order valence-electron chi connectivity index (χ4n) is 4.70. The number of anilines is 2. The van der Waals surface area contributed by atoms with E-state index in [1.54, 1.807) is 7.05 Å². The minimum atomic E-state index is -0.314. The molecule has 0 fully saturated rings. The summed E-state index contributed by atoms with van der Waals surface area (Å²) in [5.74, 6) is 0.723. The van der Waals surface area contributed by atoms with Crippen molar-refractivity contribution in [2.24, 2.45) is 7.05 Å². The molecule has 164 valence electrons. The maximum absolute atomic E-state index is 13.4. The minimum absolute atomic E-state index is 0.252. The van der Waals surface area contributed by atoms with Gasteiger partial charge in [0, 0.05) is 32.4 Å². The van der Waals surface area contributed by atoms with Crippen molar-refractivity contribution in [2.45, 2.75) is 39.8 Å². The highest BCUT2D eigenvalue weighted by atomic mass is 16.2. The Morgan fingerprint density at radius 1 is 1.00 bits per heavy atom. The molecular formula is C25H27N5O2. The van der Waals surface area contributed by atoms with Gasteiger partial charge in [0.05, 0.1) is 0 Å². The second-order valence-corrected chi connectivity index (χ2v) is 8.56. The molecule has 7 nitrogen and oxygen atoms in total. The van der Waals surface area contributed by atoms with E-state index in [-0.39, 0.29) is 11.2 Å². The molecule has 2 aromatic carbocycles. The highest BCUT2D eigenvalue weighted by molar-refractivity contribution is 5.78. The predicted molar refractivity (Wildman–Crippen MR) is 127 cm³/mol. The Hall–Kier alpha value is -3.61. The van der Waals surface area contributed by atoms with Crippen molar-refractivity contribution < 1.29 is 0 Å². The fraction of sp³-hybridized carbons (Fsp3) is 0.320. The highest BCUT2D eigenvalue weighted by Crippen LogP contribution is 2.33. The average molecular weight is 430 g/mol. The van der Waals surface area contributed by atoms with E-state index in [4.69, 9.17) is 4.98 Å². The van der Waals surface area contributed by atoms with Crippen LogP contribution in [-0.2, 0) is 26.6 Å². The van der Waals surface area contributed by atoms with Crippen LogP contribution in [0.4, 0.5) is 11.6 Å². The lowest BCUT2D eigenvalue weighted by Crippen LogP contribution is -2.39. The summed E-state index contributed by atoms with van der Waals surface area (Å²) in [4.78, 5) is 33.2. The van der Waals surface area contributed by atoms with Gasteiger partial charge in [0.25, 0.3) is 5.56 Å². The maximum Gasteiger partial charge on any atom is 0.332 e. The Bertz CT molecular complexity index is 1430. The van der Waals surface area contributed by atoms with Crippen molar-refractivity contribution in [2.75, 3.05) is 11.4 Å². The second-order valence-electron chi connectivity index (χ2n) is 8.56. The van der Waals surface area contributed by atoms with Crippen LogP contribution < -0.4 is 16.1 Å². The molecule has 0 amide bonds. The van der Waals surface area contributed by atoms with E-state index in [1.807, 2.05) is 22.8 Å². The lowest BCUT2D eigenvalue weighted by atomic mass is 10.1. The van der Waals surface area contributed by atoms with Crippen molar-refractivity contribution in [3.05, 3.63) is 86.1 Å². The third kappa shape index (κ3) is 3.25. The summed E-state index contributed by atoms with van der Waals surface area (Å²) >= 11 is 0. The van der Waals surface area contributed by atoms with Crippen LogP contribution in [0.1, 0.15) is 23.1 Å². The summed E-state index contributed by atoms with van der Waals surface area (Å²) < 4.78 is 4.83. The number of hydrogen-bond donors (Lipinski definition) is 0. The summed E-state index contributed by atoms with van der Waals surface area (Å²) in [7, 11) is 1.70. The molecule has 0 aliphatic carbocycles. The summed E-state index contributed by atoms with van der Waals surface area (Å²) in [5.41, 5.74) is 5.05. The number of aryl methyl sites for hydroxylation is 4. The normalized spacial score (nSPS) is 13.2.